The van der Waals surface area contributed by atoms with Crippen molar-refractivity contribution < 1.29 is 9.84 Å². The van der Waals surface area contributed by atoms with Crippen LogP contribution in [-0.4, -0.2) is 42.9 Å². The molecule has 1 heterocycles. The summed E-state index contributed by atoms with van der Waals surface area (Å²) in [7, 11) is 0. The minimum absolute atomic E-state index is 0. The predicted molar refractivity (Wildman–Crippen MR) is 94.0 cm³/mol. The van der Waals surface area contributed by atoms with E-state index in [4.69, 9.17) is 16.3 Å². The van der Waals surface area contributed by atoms with Crippen molar-refractivity contribution in [2.24, 2.45) is 0 Å². The van der Waals surface area contributed by atoms with Crippen molar-refractivity contribution >= 4 is 24.0 Å². The highest BCUT2D eigenvalue weighted by molar-refractivity contribution is 6.30. The first kappa shape index (κ1) is 19.7. The molecule has 1 saturated heterocycles. The van der Waals surface area contributed by atoms with E-state index in [-0.39, 0.29) is 12.4 Å². The van der Waals surface area contributed by atoms with E-state index in [1.807, 2.05) is 12.1 Å². The van der Waals surface area contributed by atoms with Gasteiger partial charge in [-0.3, -0.25) is 0 Å². The molecule has 1 aromatic carbocycles. The fourth-order valence-electron chi connectivity index (χ4n) is 2.72. The summed E-state index contributed by atoms with van der Waals surface area (Å²) in [6, 6.07) is 7.34. The maximum atomic E-state index is 10.0. The molecule has 0 aromatic heterocycles. The van der Waals surface area contributed by atoms with Crippen LogP contribution in [0.3, 0.4) is 0 Å². The van der Waals surface area contributed by atoms with Crippen LogP contribution in [0.4, 0.5) is 0 Å². The normalized spacial score (nSPS) is 17.0. The van der Waals surface area contributed by atoms with Gasteiger partial charge in [-0.15, -0.1) is 12.4 Å². The van der Waals surface area contributed by atoms with Gasteiger partial charge in [-0.25, -0.2) is 0 Å². The SMILES string of the molecule is Cl.OC(CCOCCCN1CCCCC1)c1ccc(Cl)cc1. The Morgan fingerprint density at radius 3 is 2.45 bits per heavy atom. The van der Waals surface area contributed by atoms with E-state index < -0.39 is 6.10 Å². The molecular weight excluding hydrogens is 321 g/mol. The Labute approximate surface area is 145 Å². The van der Waals surface area contributed by atoms with Gasteiger partial charge < -0.3 is 14.7 Å². The van der Waals surface area contributed by atoms with Crippen molar-refractivity contribution in [3.63, 3.8) is 0 Å². The number of hydrogen-bond acceptors (Lipinski definition) is 3. The van der Waals surface area contributed by atoms with E-state index in [0.29, 0.717) is 18.1 Å². The van der Waals surface area contributed by atoms with Crippen LogP contribution in [0.1, 0.15) is 43.8 Å². The third-order valence-electron chi connectivity index (χ3n) is 4.00. The summed E-state index contributed by atoms with van der Waals surface area (Å²) in [5, 5.41) is 10.7. The lowest BCUT2D eigenvalue weighted by atomic mass is 10.1. The first-order valence-electron chi connectivity index (χ1n) is 7.99. The van der Waals surface area contributed by atoms with Crippen LogP contribution in [0.25, 0.3) is 0 Å². The highest BCUT2D eigenvalue weighted by Crippen LogP contribution is 2.19. The number of aliphatic hydroxyl groups is 1. The lowest BCUT2D eigenvalue weighted by Crippen LogP contribution is -2.31. The summed E-state index contributed by atoms with van der Waals surface area (Å²) in [6.07, 6.45) is 5.31. The molecule has 0 spiro atoms. The standard InChI is InChI=1S/C17H26ClNO2.ClH/c18-16-7-5-15(6-8-16)17(20)9-14-21-13-4-12-19-10-2-1-3-11-19;/h5-8,17,20H,1-4,9-14H2;1H. The number of piperidine rings is 1. The first-order chi connectivity index (χ1) is 10.3. The number of ether oxygens (including phenoxy) is 1. The summed E-state index contributed by atoms with van der Waals surface area (Å²) in [5.41, 5.74) is 0.899. The van der Waals surface area contributed by atoms with Gasteiger partial charge in [-0.2, -0.15) is 0 Å². The molecule has 5 heteroatoms. The average Bonchev–Trinajstić information content (AvgIpc) is 2.52. The summed E-state index contributed by atoms with van der Waals surface area (Å²) in [6.45, 7) is 5.01. The molecule has 0 aliphatic carbocycles. The summed E-state index contributed by atoms with van der Waals surface area (Å²) < 4.78 is 5.63. The Bertz CT molecular complexity index is 394. The summed E-state index contributed by atoms with van der Waals surface area (Å²) in [5.74, 6) is 0. The summed E-state index contributed by atoms with van der Waals surface area (Å²) >= 11 is 5.83. The van der Waals surface area contributed by atoms with Gasteiger partial charge in [0, 0.05) is 31.2 Å². The van der Waals surface area contributed by atoms with Crippen molar-refractivity contribution in [3.05, 3.63) is 34.9 Å². The van der Waals surface area contributed by atoms with Gasteiger partial charge in [0.25, 0.3) is 0 Å². The van der Waals surface area contributed by atoms with Crippen LogP contribution in [-0.2, 0) is 4.74 Å². The van der Waals surface area contributed by atoms with E-state index in [2.05, 4.69) is 4.90 Å². The zero-order chi connectivity index (χ0) is 14.9. The van der Waals surface area contributed by atoms with E-state index in [1.165, 1.54) is 32.4 Å². The van der Waals surface area contributed by atoms with E-state index >= 15 is 0 Å². The van der Waals surface area contributed by atoms with Gasteiger partial charge in [0.1, 0.15) is 0 Å². The Kier molecular flexibility index (Phi) is 10.1. The third kappa shape index (κ3) is 7.30. The van der Waals surface area contributed by atoms with Gasteiger partial charge in [-0.05, 0) is 50.0 Å². The topological polar surface area (TPSA) is 32.7 Å². The van der Waals surface area contributed by atoms with E-state index in [1.54, 1.807) is 12.1 Å². The smallest absolute Gasteiger partial charge is 0.0812 e. The molecule has 3 nitrogen and oxygen atoms in total. The largest absolute Gasteiger partial charge is 0.388 e. The number of hydrogen-bond donors (Lipinski definition) is 1. The second kappa shape index (κ2) is 11.3. The summed E-state index contributed by atoms with van der Waals surface area (Å²) in [4.78, 5) is 2.52. The second-order valence-electron chi connectivity index (χ2n) is 5.72. The van der Waals surface area contributed by atoms with Gasteiger partial charge in [-0.1, -0.05) is 30.2 Å². The molecule has 1 aromatic rings. The van der Waals surface area contributed by atoms with Crippen LogP contribution in [0.2, 0.25) is 5.02 Å². The molecular formula is C17H27Cl2NO2. The van der Waals surface area contributed by atoms with Gasteiger partial charge in [0.05, 0.1) is 6.10 Å². The molecule has 0 amide bonds. The molecule has 1 N–H and O–H groups in total. The zero-order valence-corrected chi connectivity index (χ0v) is 14.6. The van der Waals surface area contributed by atoms with Gasteiger partial charge >= 0.3 is 0 Å². The number of aliphatic hydroxyl groups excluding tert-OH is 1. The van der Waals surface area contributed by atoms with Crippen molar-refractivity contribution in [2.75, 3.05) is 32.8 Å². The molecule has 0 saturated carbocycles. The Balaban J connectivity index is 0.00000242. The number of halogens is 2. The molecule has 0 radical (unpaired) electrons. The van der Waals surface area contributed by atoms with E-state index in [0.717, 1.165) is 25.1 Å². The van der Waals surface area contributed by atoms with Crippen molar-refractivity contribution in [1.82, 2.24) is 4.90 Å². The maximum Gasteiger partial charge on any atom is 0.0812 e. The van der Waals surface area contributed by atoms with Gasteiger partial charge in [0.2, 0.25) is 0 Å². The number of nitrogens with zero attached hydrogens (tertiary/aromatic N) is 1. The molecule has 1 unspecified atom stereocenters. The Morgan fingerprint density at radius 2 is 1.77 bits per heavy atom. The fraction of sp³-hybridized carbons (Fsp3) is 0.647. The fourth-order valence-corrected chi connectivity index (χ4v) is 2.85. The zero-order valence-electron chi connectivity index (χ0n) is 13.0. The van der Waals surface area contributed by atoms with Crippen molar-refractivity contribution in [3.8, 4) is 0 Å². The molecule has 1 atom stereocenters. The van der Waals surface area contributed by atoms with Crippen LogP contribution in [0.15, 0.2) is 24.3 Å². The van der Waals surface area contributed by atoms with E-state index in [9.17, 15) is 5.11 Å². The minimum atomic E-state index is -0.468. The van der Waals surface area contributed by atoms with Crippen molar-refractivity contribution in [1.29, 1.82) is 0 Å². The average molecular weight is 348 g/mol. The number of likely N-dealkylation sites (tertiary alicyclic amines) is 1. The molecule has 0 bridgehead atoms. The molecule has 1 fully saturated rings. The Hall–Kier alpha value is -0.320. The monoisotopic (exact) mass is 347 g/mol. The molecule has 1 aliphatic rings. The van der Waals surface area contributed by atoms with Crippen LogP contribution in [0.5, 0.6) is 0 Å². The van der Waals surface area contributed by atoms with Crippen molar-refractivity contribution in [2.45, 2.75) is 38.2 Å². The van der Waals surface area contributed by atoms with Crippen LogP contribution < -0.4 is 0 Å². The Morgan fingerprint density at radius 1 is 1.09 bits per heavy atom. The number of benzene rings is 1. The molecule has 22 heavy (non-hydrogen) atoms. The maximum absolute atomic E-state index is 10.0. The van der Waals surface area contributed by atoms with Gasteiger partial charge in [0.15, 0.2) is 0 Å². The lowest BCUT2D eigenvalue weighted by molar-refractivity contribution is 0.0751. The highest BCUT2D eigenvalue weighted by Gasteiger charge is 2.09. The minimum Gasteiger partial charge on any atom is -0.388 e. The first-order valence-corrected chi connectivity index (χ1v) is 8.37. The quantitative estimate of drug-likeness (QED) is 0.719. The lowest BCUT2D eigenvalue weighted by Gasteiger charge is -2.26. The number of rotatable bonds is 8. The molecule has 2 rings (SSSR count). The third-order valence-corrected chi connectivity index (χ3v) is 4.25. The predicted octanol–water partition coefficient (Wildman–Crippen LogP) is 4.08. The van der Waals surface area contributed by atoms with Crippen LogP contribution in [0, 0.1) is 0 Å². The molecule has 126 valence electrons. The highest BCUT2D eigenvalue weighted by atomic mass is 35.5. The van der Waals surface area contributed by atoms with Crippen LogP contribution >= 0.6 is 24.0 Å². The molecule has 1 aliphatic heterocycles. The second-order valence-corrected chi connectivity index (χ2v) is 6.16.